The van der Waals surface area contributed by atoms with Crippen LogP contribution in [-0.4, -0.2) is 124 Å². The number of carboxylic acids is 3. The van der Waals surface area contributed by atoms with Gasteiger partial charge in [0.1, 0.15) is 6.04 Å². The van der Waals surface area contributed by atoms with Gasteiger partial charge >= 0.3 is 29.9 Å². The fraction of sp³-hybridized carbons (Fsp3) is 0.722. The number of likely N-dealkylation sites (tertiary alicyclic amines) is 1. The molecule has 4 N–H and O–H groups in total. The third-order valence-corrected chi connectivity index (χ3v) is 5.03. The van der Waals surface area contributed by atoms with Crippen molar-refractivity contribution in [1.29, 1.82) is 0 Å². The SMILES string of the molecule is COC(=O)C1CCCN1C(=O)N1CCN(C)CC1.O=C(O)CC(O)(CC(=O)O)C(=O)O. The minimum Gasteiger partial charge on any atom is -0.481 e. The summed E-state index contributed by atoms with van der Waals surface area (Å²) in [6.07, 6.45) is -0.700. The number of carboxylic acid groups (broad SMARTS) is 3. The monoisotopic (exact) mass is 447 g/mol. The van der Waals surface area contributed by atoms with Crippen LogP contribution in [0.5, 0.6) is 0 Å². The van der Waals surface area contributed by atoms with Crippen LogP contribution in [0.15, 0.2) is 0 Å². The lowest BCUT2D eigenvalue weighted by atomic mass is 9.96. The van der Waals surface area contributed by atoms with Crippen LogP contribution in [0, 0.1) is 0 Å². The van der Waals surface area contributed by atoms with E-state index in [1.165, 1.54) is 7.11 Å². The fourth-order valence-corrected chi connectivity index (χ4v) is 3.27. The maximum Gasteiger partial charge on any atom is 0.336 e. The number of aliphatic carboxylic acids is 3. The Balaban J connectivity index is 0.000000330. The molecule has 2 saturated heterocycles. The molecule has 0 aromatic carbocycles. The minimum atomic E-state index is -2.74. The van der Waals surface area contributed by atoms with Gasteiger partial charge in [0.2, 0.25) is 0 Å². The van der Waals surface area contributed by atoms with Gasteiger partial charge in [0.05, 0.1) is 20.0 Å². The van der Waals surface area contributed by atoms with Crippen LogP contribution in [0.2, 0.25) is 0 Å². The molecule has 0 radical (unpaired) electrons. The molecule has 31 heavy (non-hydrogen) atoms. The summed E-state index contributed by atoms with van der Waals surface area (Å²) >= 11 is 0. The Hall–Kier alpha value is -2.93. The number of urea groups is 1. The van der Waals surface area contributed by atoms with Gasteiger partial charge in [0.15, 0.2) is 5.60 Å². The topological polar surface area (TPSA) is 185 Å². The number of likely N-dealkylation sites (N-methyl/N-ethyl adjacent to an activating group) is 1. The van der Waals surface area contributed by atoms with Crippen LogP contribution in [-0.2, 0) is 23.9 Å². The third-order valence-electron chi connectivity index (χ3n) is 5.03. The first kappa shape index (κ1) is 26.1. The number of hydrogen-bond donors (Lipinski definition) is 4. The van der Waals surface area contributed by atoms with Crippen molar-refractivity contribution in [2.75, 3.05) is 46.9 Å². The molecule has 1 atom stereocenters. The van der Waals surface area contributed by atoms with Crippen molar-refractivity contribution in [3.63, 3.8) is 0 Å². The summed E-state index contributed by atoms with van der Waals surface area (Å²) in [6, 6.07) is -0.404. The summed E-state index contributed by atoms with van der Waals surface area (Å²) in [6.45, 7) is 3.91. The highest BCUT2D eigenvalue weighted by Gasteiger charge is 2.41. The second kappa shape index (κ2) is 11.5. The summed E-state index contributed by atoms with van der Waals surface area (Å²) in [7, 11) is 3.42. The van der Waals surface area contributed by atoms with E-state index in [0.29, 0.717) is 13.0 Å². The summed E-state index contributed by atoms with van der Waals surface area (Å²) in [5.41, 5.74) is -2.74. The highest BCUT2D eigenvalue weighted by Crippen LogP contribution is 2.20. The van der Waals surface area contributed by atoms with Crippen LogP contribution in [0.3, 0.4) is 0 Å². The number of ether oxygens (including phenoxy) is 1. The van der Waals surface area contributed by atoms with Crippen molar-refractivity contribution < 1.29 is 49.1 Å². The lowest BCUT2D eigenvalue weighted by molar-refractivity contribution is -0.170. The number of carbonyl (C=O) groups excluding carboxylic acids is 2. The van der Waals surface area contributed by atoms with Crippen molar-refractivity contribution in [2.45, 2.75) is 37.3 Å². The molecule has 2 aliphatic rings. The van der Waals surface area contributed by atoms with Gasteiger partial charge in [-0.2, -0.15) is 0 Å². The first-order chi connectivity index (χ1) is 14.4. The van der Waals surface area contributed by atoms with Crippen LogP contribution in [0.1, 0.15) is 25.7 Å². The second-order valence-corrected chi connectivity index (χ2v) is 7.43. The molecule has 0 aliphatic carbocycles. The predicted molar refractivity (Wildman–Crippen MR) is 103 cm³/mol. The van der Waals surface area contributed by atoms with Gasteiger partial charge in [-0.3, -0.25) is 9.59 Å². The lowest BCUT2D eigenvalue weighted by Crippen LogP contribution is -2.54. The second-order valence-electron chi connectivity index (χ2n) is 7.43. The normalized spacial score (nSPS) is 19.3. The molecule has 0 aromatic rings. The average Bonchev–Trinajstić information content (AvgIpc) is 3.16. The summed E-state index contributed by atoms with van der Waals surface area (Å²) < 4.78 is 4.76. The molecule has 176 valence electrons. The molecule has 2 heterocycles. The maximum atomic E-state index is 12.4. The Bertz CT molecular complexity index is 674. The molecule has 13 nitrogen and oxygen atoms in total. The van der Waals surface area contributed by atoms with E-state index in [9.17, 15) is 24.0 Å². The van der Waals surface area contributed by atoms with E-state index >= 15 is 0 Å². The van der Waals surface area contributed by atoms with E-state index in [0.717, 1.165) is 32.6 Å². The van der Waals surface area contributed by atoms with Crippen molar-refractivity contribution in [3.05, 3.63) is 0 Å². The van der Waals surface area contributed by atoms with Gasteiger partial charge in [0.25, 0.3) is 0 Å². The summed E-state index contributed by atoms with van der Waals surface area (Å²) in [5.74, 6) is -5.32. The van der Waals surface area contributed by atoms with E-state index in [1.807, 2.05) is 4.90 Å². The number of methoxy groups -OCH3 is 1. The molecule has 0 aromatic heterocycles. The number of piperazine rings is 1. The fourth-order valence-electron chi connectivity index (χ4n) is 3.27. The molecule has 13 heteroatoms. The highest BCUT2D eigenvalue weighted by molar-refractivity contribution is 5.88. The Morgan fingerprint density at radius 2 is 1.45 bits per heavy atom. The first-order valence-electron chi connectivity index (χ1n) is 9.62. The number of aliphatic hydroxyl groups is 1. The van der Waals surface area contributed by atoms with Crippen LogP contribution in [0.4, 0.5) is 4.79 Å². The van der Waals surface area contributed by atoms with Crippen LogP contribution >= 0.6 is 0 Å². The molecule has 0 bridgehead atoms. The van der Waals surface area contributed by atoms with Crippen LogP contribution < -0.4 is 0 Å². The van der Waals surface area contributed by atoms with Gasteiger partial charge in [-0.05, 0) is 19.9 Å². The molecule has 2 rings (SSSR count). The largest absolute Gasteiger partial charge is 0.481 e. The van der Waals surface area contributed by atoms with Gasteiger partial charge < -0.3 is 39.9 Å². The molecular weight excluding hydrogens is 418 g/mol. The summed E-state index contributed by atoms with van der Waals surface area (Å²) in [5, 5.41) is 33.8. The lowest BCUT2D eigenvalue weighted by Gasteiger charge is -2.36. The summed E-state index contributed by atoms with van der Waals surface area (Å²) in [4.78, 5) is 60.2. The molecule has 0 spiro atoms. The zero-order valence-corrected chi connectivity index (χ0v) is 17.5. The Morgan fingerprint density at radius 3 is 1.87 bits per heavy atom. The number of amides is 2. The molecular formula is C18H29N3O10. The third kappa shape index (κ3) is 7.68. The molecule has 2 fully saturated rings. The number of hydrogen-bond acceptors (Lipinski definition) is 8. The standard InChI is InChI=1S/C12H21N3O3.C6H8O7/c1-13-6-8-14(9-7-13)12(17)15-5-3-4-10(15)11(16)18-2;7-3(8)1-6(13,5(11)12)2-4(9)10/h10H,3-9H2,1-2H3;13H,1-2H2,(H,7,8)(H,9,10)(H,11,12). The van der Waals surface area contributed by atoms with Gasteiger partial charge in [-0.1, -0.05) is 0 Å². The van der Waals surface area contributed by atoms with Gasteiger partial charge in [-0.25, -0.2) is 14.4 Å². The highest BCUT2D eigenvalue weighted by atomic mass is 16.5. The maximum absolute atomic E-state index is 12.4. The number of nitrogens with zero attached hydrogens (tertiary/aromatic N) is 3. The number of esters is 1. The Labute approximate surface area is 178 Å². The van der Waals surface area contributed by atoms with E-state index in [-0.39, 0.29) is 18.0 Å². The van der Waals surface area contributed by atoms with Crippen molar-refractivity contribution in [2.24, 2.45) is 0 Å². The average molecular weight is 447 g/mol. The number of rotatable bonds is 6. The van der Waals surface area contributed by atoms with Crippen molar-refractivity contribution >= 4 is 29.9 Å². The smallest absolute Gasteiger partial charge is 0.336 e. The molecule has 2 amide bonds. The zero-order chi connectivity index (χ0) is 23.8. The van der Waals surface area contributed by atoms with Crippen LogP contribution in [0.25, 0.3) is 0 Å². The van der Waals surface area contributed by atoms with E-state index in [2.05, 4.69) is 11.9 Å². The minimum absolute atomic E-state index is 0.0176. The number of carbonyl (C=O) groups is 5. The predicted octanol–water partition coefficient (Wildman–Crippen LogP) is -1.26. The van der Waals surface area contributed by atoms with Crippen molar-refractivity contribution in [3.8, 4) is 0 Å². The first-order valence-corrected chi connectivity index (χ1v) is 9.62. The van der Waals surface area contributed by atoms with E-state index < -0.39 is 36.4 Å². The zero-order valence-electron chi connectivity index (χ0n) is 17.5. The Morgan fingerprint density at radius 1 is 0.935 bits per heavy atom. The van der Waals surface area contributed by atoms with Gasteiger partial charge in [-0.15, -0.1) is 0 Å². The molecule has 1 unspecified atom stereocenters. The molecule has 2 aliphatic heterocycles. The Kier molecular flexibility index (Phi) is 9.65. The van der Waals surface area contributed by atoms with E-state index in [1.54, 1.807) is 4.90 Å². The quantitative estimate of drug-likeness (QED) is 0.356. The van der Waals surface area contributed by atoms with Gasteiger partial charge in [0, 0.05) is 32.7 Å². The van der Waals surface area contributed by atoms with Crippen molar-refractivity contribution in [1.82, 2.24) is 14.7 Å². The molecule has 0 saturated carbocycles. The van der Waals surface area contributed by atoms with E-state index in [4.69, 9.17) is 25.2 Å².